The fourth-order valence-corrected chi connectivity index (χ4v) is 0.752. The molecule has 2 nitrogen and oxygen atoms in total. The summed E-state index contributed by atoms with van der Waals surface area (Å²) in [6.07, 6.45) is 0. The SMILES string of the molecule is Cc1[c]c(OCC#N)ccc1. The van der Waals surface area contributed by atoms with Crippen molar-refractivity contribution in [3.63, 3.8) is 0 Å². The molecule has 0 heterocycles. The second-order valence-corrected chi connectivity index (χ2v) is 2.14. The van der Waals surface area contributed by atoms with Crippen LogP contribution in [0.15, 0.2) is 18.2 Å². The lowest BCUT2D eigenvalue weighted by molar-refractivity contribution is 0.367. The van der Waals surface area contributed by atoms with E-state index in [1.165, 1.54) is 0 Å². The van der Waals surface area contributed by atoms with Crippen LogP contribution in [-0.4, -0.2) is 6.61 Å². The van der Waals surface area contributed by atoms with Crippen molar-refractivity contribution >= 4 is 0 Å². The maximum atomic E-state index is 8.21. The lowest BCUT2D eigenvalue weighted by Crippen LogP contribution is -1.93. The minimum atomic E-state index is 0.0833. The van der Waals surface area contributed by atoms with Crippen LogP contribution in [0, 0.1) is 24.3 Å². The summed E-state index contributed by atoms with van der Waals surface area (Å²) in [5.41, 5.74) is 1.01. The number of nitriles is 1. The fraction of sp³-hybridized carbons (Fsp3) is 0.222. The van der Waals surface area contributed by atoms with Crippen LogP contribution in [0.1, 0.15) is 5.56 Å². The monoisotopic (exact) mass is 146 g/mol. The van der Waals surface area contributed by atoms with Gasteiger partial charge in [-0.3, -0.25) is 0 Å². The van der Waals surface area contributed by atoms with Crippen molar-refractivity contribution < 1.29 is 4.74 Å². The smallest absolute Gasteiger partial charge is 0.174 e. The van der Waals surface area contributed by atoms with E-state index in [2.05, 4.69) is 6.07 Å². The molecule has 0 saturated heterocycles. The predicted octanol–water partition coefficient (Wildman–Crippen LogP) is 1.70. The first-order valence-corrected chi connectivity index (χ1v) is 3.31. The zero-order valence-electron chi connectivity index (χ0n) is 6.29. The normalized spacial score (nSPS) is 8.73. The van der Waals surface area contributed by atoms with E-state index in [4.69, 9.17) is 10.00 Å². The molecule has 55 valence electrons. The van der Waals surface area contributed by atoms with Gasteiger partial charge < -0.3 is 4.74 Å². The number of ether oxygens (including phenoxy) is 1. The molecule has 0 aliphatic carbocycles. The molecule has 0 bridgehead atoms. The van der Waals surface area contributed by atoms with Crippen LogP contribution in [0.3, 0.4) is 0 Å². The van der Waals surface area contributed by atoms with Gasteiger partial charge in [0.2, 0.25) is 0 Å². The fourth-order valence-electron chi connectivity index (χ4n) is 0.752. The Morgan fingerprint density at radius 3 is 3.09 bits per heavy atom. The minimum Gasteiger partial charge on any atom is -0.478 e. The van der Waals surface area contributed by atoms with Gasteiger partial charge >= 0.3 is 0 Å². The molecule has 0 N–H and O–H groups in total. The van der Waals surface area contributed by atoms with Crippen molar-refractivity contribution in [1.29, 1.82) is 5.26 Å². The van der Waals surface area contributed by atoms with Crippen LogP contribution in [-0.2, 0) is 0 Å². The number of hydrogen-bond acceptors (Lipinski definition) is 2. The van der Waals surface area contributed by atoms with Crippen LogP contribution in [0.5, 0.6) is 5.75 Å². The van der Waals surface area contributed by atoms with Crippen molar-refractivity contribution in [3.05, 3.63) is 29.8 Å². The number of nitrogens with zero attached hydrogens (tertiary/aromatic N) is 1. The van der Waals surface area contributed by atoms with E-state index in [0.717, 1.165) is 5.56 Å². The Morgan fingerprint density at radius 1 is 1.64 bits per heavy atom. The van der Waals surface area contributed by atoms with Gasteiger partial charge in [0.15, 0.2) is 6.61 Å². The zero-order valence-corrected chi connectivity index (χ0v) is 6.29. The molecule has 2 heteroatoms. The first-order valence-electron chi connectivity index (χ1n) is 3.31. The quantitative estimate of drug-likeness (QED) is 0.636. The van der Waals surface area contributed by atoms with E-state index >= 15 is 0 Å². The molecule has 0 aromatic heterocycles. The van der Waals surface area contributed by atoms with Gasteiger partial charge in [-0.05, 0) is 18.6 Å². The van der Waals surface area contributed by atoms with Crippen molar-refractivity contribution in [3.8, 4) is 11.8 Å². The first kappa shape index (κ1) is 7.62. The van der Waals surface area contributed by atoms with E-state index in [-0.39, 0.29) is 6.61 Å². The molecule has 1 radical (unpaired) electrons. The van der Waals surface area contributed by atoms with E-state index < -0.39 is 0 Å². The molecule has 0 fully saturated rings. The summed E-state index contributed by atoms with van der Waals surface area (Å²) in [5.74, 6) is 0.631. The summed E-state index contributed by atoms with van der Waals surface area (Å²) >= 11 is 0. The molecule has 1 aromatic rings. The second-order valence-electron chi connectivity index (χ2n) is 2.14. The number of benzene rings is 1. The Balaban J connectivity index is 2.65. The zero-order chi connectivity index (χ0) is 8.10. The molecule has 0 spiro atoms. The van der Waals surface area contributed by atoms with Gasteiger partial charge in [-0.2, -0.15) is 5.26 Å². The Hall–Kier alpha value is -1.49. The third kappa shape index (κ3) is 2.30. The Kier molecular flexibility index (Phi) is 2.51. The Bertz CT molecular complexity index is 275. The van der Waals surface area contributed by atoms with E-state index in [1.54, 1.807) is 6.07 Å². The molecule has 0 aliphatic heterocycles. The highest BCUT2D eigenvalue weighted by Gasteiger charge is 1.91. The third-order valence-corrected chi connectivity index (χ3v) is 1.21. The summed E-state index contributed by atoms with van der Waals surface area (Å²) in [6.45, 7) is 2.01. The van der Waals surface area contributed by atoms with Crippen LogP contribution < -0.4 is 4.74 Å². The summed E-state index contributed by atoms with van der Waals surface area (Å²) < 4.78 is 5.02. The van der Waals surface area contributed by atoms with Crippen LogP contribution in [0.4, 0.5) is 0 Å². The highest BCUT2D eigenvalue weighted by molar-refractivity contribution is 5.25. The summed E-state index contributed by atoms with van der Waals surface area (Å²) in [6, 6.07) is 10.4. The molecule has 0 atom stereocenters. The van der Waals surface area contributed by atoms with Crippen LogP contribution in [0.2, 0.25) is 0 Å². The third-order valence-electron chi connectivity index (χ3n) is 1.21. The van der Waals surface area contributed by atoms with Crippen molar-refractivity contribution in [2.24, 2.45) is 0 Å². The van der Waals surface area contributed by atoms with E-state index in [1.807, 2.05) is 25.1 Å². The number of rotatable bonds is 2. The topological polar surface area (TPSA) is 33.0 Å². The molecular formula is C9H8NO. The second kappa shape index (κ2) is 3.62. The van der Waals surface area contributed by atoms with Crippen LogP contribution in [0.25, 0.3) is 0 Å². The molecule has 0 amide bonds. The standard InChI is InChI=1S/C9H8NO/c1-8-3-2-4-9(7-8)11-6-5-10/h2-4H,6H2,1H3. The average molecular weight is 146 g/mol. The molecule has 0 aliphatic rings. The van der Waals surface area contributed by atoms with Crippen molar-refractivity contribution in [2.45, 2.75) is 6.92 Å². The van der Waals surface area contributed by atoms with Gasteiger partial charge in [-0.25, -0.2) is 0 Å². The van der Waals surface area contributed by atoms with E-state index in [0.29, 0.717) is 5.75 Å². The minimum absolute atomic E-state index is 0.0833. The summed E-state index contributed by atoms with van der Waals surface area (Å²) in [4.78, 5) is 0. The summed E-state index contributed by atoms with van der Waals surface area (Å²) in [7, 11) is 0. The van der Waals surface area contributed by atoms with E-state index in [9.17, 15) is 0 Å². The van der Waals surface area contributed by atoms with Gasteiger partial charge in [0.25, 0.3) is 0 Å². The van der Waals surface area contributed by atoms with Gasteiger partial charge in [-0.15, -0.1) is 0 Å². The molecule has 11 heavy (non-hydrogen) atoms. The van der Waals surface area contributed by atoms with Gasteiger partial charge in [-0.1, -0.05) is 12.1 Å². The Morgan fingerprint density at radius 2 is 2.45 bits per heavy atom. The highest BCUT2D eigenvalue weighted by Crippen LogP contribution is 2.10. The van der Waals surface area contributed by atoms with Gasteiger partial charge in [0, 0.05) is 6.07 Å². The lowest BCUT2D eigenvalue weighted by Gasteiger charge is -1.99. The Labute approximate surface area is 66.0 Å². The highest BCUT2D eigenvalue weighted by atomic mass is 16.5. The van der Waals surface area contributed by atoms with Crippen molar-refractivity contribution in [1.82, 2.24) is 0 Å². The maximum absolute atomic E-state index is 8.21. The first-order chi connectivity index (χ1) is 5.33. The molecule has 0 unspecified atom stereocenters. The molecule has 1 aromatic carbocycles. The number of hydrogen-bond donors (Lipinski definition) is 0. The maximum Gasteiger partial charge on any atom is 0.174 e. The van der Waals surface area contributed by atoms with Gasteiger partial charge in [0.05, 0.1) is 0 Å². The summed E-state index contributed by atoms with van der Waals surface area (Å²) in [5, 5.41) is 8.21. The average Bonchev–Trinajstić information content (AvgIpc) is 2.01. The van der Waals surface area contributed by atoms with Crippen LogP contribution >= 0.6 is 0 Å². The molecule has 0 saturated carbocycles. The number of aryl methyl sites for hydroxylation is 1. The van der Waals surface area contributed by atoms with Crippen molar-refractivity contribution in [2.75, 3.05) is 6.61 Å². The molecular weight excluding hydrogens is 138 g/mol. The van der Waals surface area contributed by atoms with Gasteiger partial charge in [0.1, 0.15) is 11.8 Å². The largest absolute Gasteiger partial charge is 0.478 e. The lowest BCUT2D eigenvalue weighted by atomic mass is 10.2. The molecule has 1 rings (SSSR count). The predicted molar refractivity (Wildman–Crippen MR) is 41.1 cm³/mol.